The highest BCUT2D eigenvalue weighted by atomic mass is 16.1. The lowest BCUT2D eigenvalue weighted by atomic mass is 9.92. The van der Waals surface area contributed by atoms with Crippen LogP contribution in [0, 0.1) is 11.3 Å². The van der Waals surface area contributed by atoms with Gasteiger partial charge in [-0.15, -0.1) is 0 Å². The molecule has 0 aliphatic carbocycles. The number of benzene rings is 2. The number of anilines is 3. The van der Waals surface area contributed by atoms with E-state index in [0.29, 0.717) is 35.9 Å². The van der Waals surface area contributed by atoms with Crippen molar-refractivity contribution in [3.05, 3.63) is 65.7 Å². The van der Waals surface area contributed by atoms with E-state index in [0.717, 1.165) is 24.0 Å². The van der Waals surface area contributed by atoms with Crippen LogP contribution in [-0.4, -0.2) is 34.3 Å². The molecule has 1 fully saturated rings. The third kappa shape index (κ3) is 5.09. The molecule has 0 saturated carbocycles. The minimum Gasteiger partial charge on any atom is -0.398 e. The molecule has 4 rings (SSSR count). The molecule has 1 aliphatic rings. The number of carbonyl (C=O) groups excluding carboxylic acids is 1. The van der Waals surface area contributed by atoms with Crippen molar-refractivity contribution in [2.24, 2.45) is 11.7 Å². The van der Waals surface area contributed by atoms with Gasteiger partial charge < -0.3 is 27.4 Å². The summed E-state index contributed by atoms with van der Waals surface area (Å²) in [6.07, 6.45) is 1.68. The van der Waals surface area contributed by atoms with Crippen molar-refractivity contribution in [2.45, 2.75) is 32.4 Å². The first-order valence-electron chi connectivity index (χ1n) is 11.3. The van der Waals surface area contributed by atoms with E-state index >= 15 is 0 Å². The van der Waals surface area contributed by atoms with Gasteiger partial charge in [0, 0.05) is 42.0 Å². The number of hydrogen-bond donors (Lipinski definition) is 5. The van der Waals surface area contributed by atoms with Gasteiger partial charge in [-0.25, -0.2) is 4.98 Å². The maximum Gasteiger partial charge on any atom is 0.225 e. The molecule has 0 radical (unpaired) electrons. The van der Waals surface area contributed by atoms with Crippen molar-refractivity contribution in [3.63, 3.8) is 0 Å². The second kappa shape index (κ2) is 9.78. The van der Waals surface area contributed by atoms with E-state index in [1.165, 1.54) is 0 Å². The van der Waals surface area contributed by atoms with Gasteiger partial charge in [0.15, 0.2) is 0 Å². The minimum atomic E-state index is -0.148. The van der Waals surface area contributed by atoms with E-state index < -0.39 is 0 Å². The SMILES string of the molecule is CC1CCC(C(=O)NCc2ccccc2)CN1c1cc(-c2ccc(C(=N)N)c(N)c2)nc(N)n1. The number of amidine groups is 1. The van der Waals surface area contributed by atoms with E-state index in [1.54, 1.807) is 18.2 Å². The summed E-state index contributed by atoms with van der Waals surface area (Å²) in [6.45, 7) is 3.17. The highest BCUT2D eigenvalue weighted by Gasteiger charge is 2.31. The highest BCUT2D eigenvalue weighted by Crippen LogP contribution is 2.30. The Morgan fingerprint density at radius 3 is 2.59 bits per heavy atom. The van der Waals surface area contributed by atoms with E-state index in [4.69, 9.17) is 22.6 Å². The second-order valence-electron chi connectivity index (χ2n) is 8.66. The third-order valence-electron chi connectivity index (χ3n) is 6.22. The van der Waals surface area contributed by atoms with Gasteiger partial charge >= 0.3 is 0 Å². The van der Waals surface area contributed by atoms with E-state index in [-0.39, 0.29) is 29.7 Å². The zero-order valence-electron chi connectivity index (χ0n) is 19.2. The Kier molecular flexibility index (Phi) is 6.62. The van der Waals surface area contributed by atoms with Crippen LogP contribution in [0.2, 0.25) is 0 Å². The van der Waals surface area contributed by atoms with Crippen LogP contribution < -0.4 is 27.4 Å². The van der Waals surface area contributed by atoms with Gasteiger partial charge in [-0.05, 0) is 37.5 Å². The molecule has 3 aromatic rings. The number of nitrogens with one attached hydrogen (secondary N) is 2. The maximum absolute atomic E-state index is 12.9. The predicted molar refractivity (Wildman–Crippen MR) is 135 cm³/mol. The highest BCUT2D eigenvalue weighted by molar-refractivity contribution is 6.00. The summed E-state index contributed by atoms with van der Waals surface area (Å²) in [5.74, 6) is 0.612. The van der Waals surface area contributed by atoms with Crippen LogP contribution in [0.1, 0.15) is 30.9 Å². The van der Waals surface area contributed by atoms with Gasteiger partial charge in [0.25, 0.3) is 0 Å². The Bertz CT molecular complexity index is 1200. The lowest BCUT2D eigenvalue weighted by molar-refractivity contribution is -0.125. The molecular weight excluding hydrogens is 428 g/mol. The van der Waals surface area contributed by atoms with Crippen molar-refractivity contribution >= 4 is 29.2 Å². The van der Waals surface area contributed by atoms with Crippen LogP contribution in [0.3, 0.4) is 0 Å². The lowest BCUT2D eigenvalue weighted by Gasteiger charge is -2.38. The molecule has 2 aromatic carbocycles. The van der Waals surface area contributed by atoms with Crippen LogP contribution in [0.4, 0.5) is 17.5 Å². The number of nitrogens with zero attached hydrogens (tertiary/aromatic N) is 3. The van der Waals surface area contributed by atoms with Crippen molar-refractivity contribution in [3.8, 4) is 11.3 Å². The van der Waals surface area contributed by atoms with Gasteiger partial charge in [0.1, 0.15) is 11.7 Å². The zero-order chi connectivity index (χ0) is 24.2. The normalized spacial score (nSPS) is 17.9. The molecule has 1 aromatic heterocycles. The topological polar surface area (TPSA) is 160 Å². The van der Waals surface area contributed by atoms with Crippen molar-refractivity contribution < 1.29 is 4.79 Å². The Morgan fingerprint density at radius 2 is 1.88 bits per heavy atom. The van der Waals surface area contributed by atoms with Gasteiger partial charge in [0.05, 0.1) is 11.6 Å². The van der Waals surface area contributed by atoms with Gasteiger partial charge in [-0.3, -0.25) is 10.2 Å². The van der Waals surface area contributed by atoms with Crippen molar-refractivity contribution in [1.82, 2.24) is 15.3 Å². The maximum atomic E-state index is 12.9. The molecule has 9 heteroatoms. The summed E-state index contributed by atoms with van der Waals surface area (Å²) in [5.41, 5.74) is 21.0. The number of hydrogen-bond acceptors (Lipinski definition) is 7. The third-order valence-corrected chi connectivity index (χ3v) is 6.22. The average Bonchev–Trinajstić information content (AvgIpc) is 2.82. The predicted octanol–water partition coefficient (Wildman–Crippen LogP) is 2.51. The number of carbonyl (C=O) groups is 1. The summed E-state index contributed by atoms with van der Waals surface area (Å²) in [7, 11) is 0. The summed E-state index contributed by atoms with van der Waals surface area (Å²) in [6, 6.07) is 17.2. The molecule has 9 nitrogen and oxygen atoms in total. The van der Waals surface area contributed by atoms with Crippen molar-refractivity contribution in [2.75, 3.05) is 22.9 Å². The molecule has 0 bridgehead atoms. The molecule has 2 atom stereocenters. The zero-order valence-corrected chi connectivity index (χ0v) is 19.2. The summed E-state index contributed by atoms with van der Waals surface area (Å²) in [4.78, 5) is 23.9. The van der Waals surface area contributed by atoms with Gasteiger partial charge in [0.2, 0.25) is 11.9 Å². The fourth-order valence-corrected chi connectivity index (χ4v) is 4.28. The number of amides is 1. The first-order valence-corrected chi connectivity index (χ1v) is 11.3. The molecule has 8 N–H and O–H groups in total. The molecule has 2 heterocycles. The Morgan fingerprint density at radius 1 is 1.12 bits per heavy atom. The number of piperidine rings is 1. The molecule has 1 aliphatic heterocycles. The smallest absolute Gasteiger partial charge is 0.225 e. The fraction of sp³-hybridized carbons (Fsp3) is 0.280. The molecule has 0 spiro atoms. The van der Waals surface area contributed by atoms with Gasteiger partial charge in [-0.2, -0.15) is 4.98 Å². The van der Waals surface area contributed by atoms with E-state index in [9.17, 15) is 4.79 Å². The molecule has 176 valence electrons. The van der Waals surface area contributed by atoms with Gasteiger partial charge in [-0.1, -0.05) is 36.4 Å². The minimum absolute atomic E-state index is 0.0376. The van der Waals surface area contributed by atoms with Crippen LogP contribution in [0.5, 0.6) is 0 Å². The van der Waals surface area contributed by atoms with Crippen LogP contribution >= 0.6 is 0 Å². The quantitative estimate of drug-likeness (QED) is 0.215. The number of rotatable bonds is 6. The summed E-state index contributed by atoms with van der Waals surface area (Å²) >= 11 is 0. The Hall–Kier alpha value is -4.14. The Labute approximate surface area is 198 Å². The largest absolute Gasteiger partial charge is 0.398 e. The fourth-order valence-electron chi connectivity index (χ4n) is 4.28. The summed E-state index contributed by atoms with van der Waals surface area (Å²) < 4.78 is 0. The Balaban J connectivity index is 1.53. The number of aromatic nitrogens is 2. The van der Waals surface area contributed by atoms with Crippen LogP contribution in [0.25, 0.3) is 11.3 Å². The first kappa shape index (κ1) is 23.0. The van der Waals surface area contributed by atoms with E-state index in [2.05, 4.69) is 27.1 Å². The molecular formula is C25H30N8O. The second-order valence-corrected chi connectivity index (χ2v) is 8.66. The van der Waals surface area contributed by atoms with Crippen LogP contribution in [-0.2, 0) is 11.3 Å². The summed E-state index contributed by atoms with van der Waals surface area (Å²) in [5, 5.41) is 10.7. The standard InChI is InChI=1S/C25H30N8O/c1-15-7-8-18(24(34)30-13-16-5-3-2-4-6-16)14-33(15)22-12-21(31-25(29)32-22)17-9-10-19(23(27)28)20(26)11-17/h2-6,9-12,15,18H,7-8,13-14,26H2,1H3,(H3,27,28)(H,30,34)(H2,29,31,32). The van der Waals surface area contributed by atoms with Crippen molar-refractivity contribution in [1.29, 1.82) is 5.41 Å². The van der Waals surface area contributed by atoms with E-state index in [1.807, 2.05) is 36.4 Å². The monoisotopic (exact) mass is 458 g/mol. The molecule has 1 amide bonds. The lowest BCUT2D eigenvalue weighted by Crippen LogP contribution is -2.47. The molecule has 2 unspecified atom stereocenters. The van der Waals surface area contributed by atoms with Crippen LogP contribution in [0.15, 0.2) is 54.6 Å². The molecule has 1 saturated heterocycles. The average molecular weight is 459 g/mol. The number of nitrogen functional groups attached to an aromatic ring is 3. The first-order chi connectivity index (χ1) is 16.3. The number of nitrogens with two attached hydrogens (primary N) is 3. The molecule has 34 heavy (non-hydrogen) atoms.